The largest absolute Gasteiger partial charge is 0.342 e. The standard InChI is InChI=1S/C20H19N7/c1-27(13-9-15-7-11-21-12-8-15)20-25-18(14-23-26-20)24-17-6-2-4-16-5-3-10-22-19(16)17/h2-8,10-12,14H,9,13H2,1H3,(H,24,25,26). The quantitative estimate of drug-likeness (QED) is 0.567. The summed E-state index contributed by atoms with van der Waals surface area (Å²) in [6.45, 7) is 0.783. The molecule has 1 aromatic carbocycles. The van der Waals surface area contributed by atoms with E-state index in [4.69, 9.17) is 0 Å². The van der Waals surface area contributed by atoms with Crippen LogP contribution >= 0.6 is 0 Å². The predicted octanol–water partition coefficient (Wildman–Crippen LogP) is 3.24. The Bertz CT molecular complexity index is 1030. The molecule has 3 heterocycles. The van der Waals surface area contributed by atoms with E-state index in [-0.39, 0.29) is 0 Å². The van der Waals surface area contributed by atoms with E-state index in [2.05, 4.69) is 30.5 Å². The molecule has 0 spiro atoms. The van der Waals surface area contributed by atoms with Gasteiger partial charge in [0, 0.05) is 37.6 Å². The average Bonchev–Trinajstić information content (AvgIpc) is 2.73. The summed E-state index contributed by atoms with van der Waals surface area (Å²) in [4.78, 5) is 15.1. The molecule has 4 rings (SSSR count). The Hall–Kier alpha value is -3.61. The highest BCUT2D eigenvalue weighted by Gasteiger charge is 2.08. The summed E-state index contributed by atoms with van der Waals surface area (Å²) in [7, 11) is 1.96. The summed E-state index contributed by atoms with van der Waals surface area (Å²) in [5.74, 6) is 1.20. The first kappa shape index (κ1) is 16.8. The van der Waals surface area contributed by atoms with Crippen LogP contribution < -0.4 is 10.2 Å². The van der Waals surface area contributed by atoms with Crippen LogP contribution in [0.25, 0.3) is 10.9 Å². The maximum Gasteiger partial charge on any atom is 0.247 e. The SMILES string of the molecule is CN(CCc1ccncc1)c1nncc(Nc2cccc3cccnc23)n1. The lowest BCUT2D eigenvalue weighted by Crippen LogP contribution is -2.23. The summed E-state index contributed by atoms with van der Waals surface area (Å²) in [6.07, 6.45) is 7.88. The molecule has 0 aliphatic rings. The van der Waals surface area contributed by atoms with Gasteiger partial charge in [-0.15, -0.1) is 5.10 Å². The Morgan fingerprint density at radius 2 is 1.85 bits per heavy atom. The number of nitrogens with one attached hydrogen (secondary N) is 1. The molecule has 0 amide bonds. The fraction of sp³-hybridized carbons (Fsp3) is 0.150. The third-order valence-corrected chi connectivity index (χ3v) is 4.27. The van der Waals surface area contributed by atoms with E-state index in [1.165, 1.54) is 5.56 Å². The van der Waals surface area contributed by atoms with E-state index < -0.39 is 0 Å². The second-order valence-corrected chi connectivity index (χ2v) is 6.17. The molecule has 0 aliphatic heterocycles. The maximum absolute atomic E-state index is 4.59. The number of hydrogen-bond donors (Lipinski definition) is 1. The molecule has 3 aromatic heterocycles. The van der Waals surface area contributed by atoms with Crippen LogP contribution in [0.2, 0.25) is 0 Å². The van der Waals surface area contributed by atoms with Gasteiger partial charge >= 0.3 is 0 Å². The fourth-order valence-electron chi connectivity index (χ4n) is 2.81. The molecular weight excluding hydrogens is 338 g/mol. The van der Waals surface area contributed by atoms with Gasteiger partial charge in [0.05, 0.1) is 17.4 Å². The van der Waals surface area contributed by atoms with Gasteiger partial charge in [-0.2, -0.15) is 10.1 Å². The van der Waals surface area contributed by atoms with Crippen molar-refractivity contribution in [3.05, 3.63) is 72.8 Å². The summed E-state index contributed by atoms with van der Waals surface area (Å²) < 4.78 is 0. The first-order valence-electron chi connectivity index (χ1n) is 8.70. The zero-order valence-corrected chi connectivity index (χ0v) is 14.9. The summed E-state index contributed by atoms with van der Waals surface area (Å²) in [6, 6.07) is 14.0. The number of likely N-dealkylation sites (N-methyl/N-ethyl adjacent to an activating group) is 1. The third-order valence-electron chi connectivity index (χ3n) is 4.27. The van der Waals surface area contributed by atoms with E-state index in [9.17, 15) is 0 Å². The molecule has 7 nitrogen and oxygen atoms in total. The van der Waals surface area contributed by atoms with Crippen molar-refractivity contribution in [1.82, 2.24) is 25.1 Å². The van der Waals surface area contributed by atoms with Crippen LogP contribution in [-0.2, 0) is 6.42 Å². The monoisotopic (exact) mass is 357 g/mol. The number of rotatable bonds is 6. The molecule has 0 unspecified atom stereocenters. The number of anilines is 3. The Kier molecular flexibility index (Phi) is 4.82. The summed E-state index contributed by atoms with van der Waals surface area (Å²) >= 11 is 0. The number of nitrogens with zero attached hydrogens (tertiary/aromatic N) is 6. The van der Waals surface area contributed by atoms with Crippen molar-refractivity contribution >= 4 is 28.4 Å². The highest BCUT2D eigenvalue weighted by atomic mass is 15.3. The van der Waals surface area contributed by atoms with Gasteiger partial charge in [-0.05, 0) is 36.2 Å². The maximum atomic E-state index is 4.59. The van der Waals surface area contributed by atoms with Crippen molar-refractivity contribution in [2.24, 2.45) is 0 Å². The van der Waals surface area contributed by atoms with E-state index in [1.54, 1.807) is 24.8 Å². The van der Waals surface area contributed by atoms with E-state index in [0.717, 1.165) is 29.6 Å². The van der Waals surface area contributed by atoms with Gasteiger partial charge in [0.2, 0.25) is 5.95 Å². The van der Waals surface area contributed by atoms with Gasteiger partial charge in [-0.25, -0.2) is 0 Å². The molecule has 0 radical (unpaired) electrons. The summed E-state index contributed by atoms with van der Waals surface area (Å²) in [5, 5.41) is 12.6. The van der Waals surface area contributed by atoms with Gasteiger partial charge in [0.15, 0.2) is 5.82 Å². The number of aromatic nitrogens is 5. The number of para-hydroxylation sites is 1. The first-order chi connectivity index (χ1) is 13.3. The molecule has 0 saturated heterocycles. The Labute approximate surface area is 157 Å². The van der Waals surface area contributed by atoms with Crippen LogP contribution in [0.5, 0.6) is 0 Å². The zero-order valence-electron chi connectivity index (χ0n) is 14.9. The van der Waals surface area contributed by atoms with Crippen molar-refractivity contribution in [3.63, 3.8) is 0 Å². The van der Waals surface area contributed by atoms with Crippen molar-refractivity contribution in [2.75, 3.05) is 23.8 Å². The minimum atomic E-state index is 0.572. The number of benzene rings is 1. The van der Waals surface area contributed by atoms with Crippen LogP contribution in [0.1, 0.15) is 5.56 Å². The smallest absolute Gasteiger partial charge is 0.247 e. The highest BCUT2D eigenvalue weighted by Crippen LogP contribution is 2.23. The Morgan fingerprint density at radius 1 is 1.00 bits per heavy atom. The second kappa shape index (κ2) is 7.74. The van der Waals surface area contributed by atoms with Crippen LogP contribution in [-0.4, -0.2) is 38.7 Å². The fourth-order valence-corrected chi connectivity index (χ4v) is 2.81. The van der Waals surface area contributed by atoms with Gasteiger partial charge in [-0.3, -0.25) is 9.97 Å². The topological polar surface area (TPSA) is 79.7 Å². The molecule has 134 valence electrons. The van der Waals surface area contributed by atoms with Crippen LogP contribution in [0.15, 0.2) is 67.3 Å². The van der Waals surface area contributed by atoms with Gasteiger partial charge < -0.3 is 10.2 Å². The molecule has 0 aliphatic carbocycles. The first-order valence-corrected chi connectivity index (χ1v) is 8.70. The molecule has 0 atom stereocenters. The molecule has 27 heavy (non-hydrogen) atoms. The minimum Gasteiger partial charge on any atom is -0.342 e. The molecule has 7 heteroatoms. The van der Waals surface area contributed by atoms with Crippen molar-refractivity contribution in [3.8, 4) is 0 Å². The molecule has 0 bridgehead atoms. The Morgan fingerprint density at radius 3 is 2.74 bits per heavy atom. The predicted molar refractivity (Wildman–Crippen MR) is 106 cm³/mol. The van der Waals surface area contributed by atoms with Crippen LogP contribution in [0.3, 0.4) is 0 Å². The van der Waals surface area contributed by atoms with Crippen molar-refractivity contribution < 1.29 is 0 Å². The number of fused-ring (bicyclic) bond motifs is 1. The lowest BCUT2D eigenvalue weighted by molar-refractivity contribution is 0.812. The molecule has 0 saturated carbocycles. The third kappa shape index (κ3) is 3.98. The second-order valence-electron chi connectivity index (χ2n) is 6.17. The highest BCUT2D eigenvalue weighted by molar-refractivity contribution is 5.91. The normalized spacial score (nSPS) is 10.7. The molecule has 0 fully saturated rings. The van der Waals surface area contributed by atoms with Gasteiger partial charge in [0.1, 0.15) is 0 Å². The van der Waals surface area contributed by atoms with E-state index in [0.29, 0.717) is 11.8 Å². The lowest BCUT2D eigenvalue weighted by atomic mass is 10.2. The van der Waals surface area contributed by atoms with Gasteiger partial charge in [0.25, 0.3) is 0 Å². The number of pyridine rings is 2. The lowest BCUT2D eigenvalue weighted by Gasteiger charge is -2.17. The van der Waals surface area contributed by atoms with Crippen LogP contribution in [0.4, 0.5) is 17.5 Å². The average molecular weight is 357 g/mol. The molecule has 4 aromatic rings. The van der Waals surface area contributed by atoms with E-state index >= 15 is 0 Å². The summed E-state index contributed by atoms with van der Waals surface area (Å²) in [5.41, 5.74) is 3.01. The number of hydrogen-bond acceptors (Lipinski definition) is 7. The minimum absolute atomic E-state index is 0.572. The zero-order chi connectivity index (χ0) is 18.5. The van der Waals surface area contributed by atoms with Gasteiger partial charge in [-0.1, -0.05) is 18.2 Å². The van der Waals surface area contributed by atoms with Crippen molar-refractivity contribution in [2.45, 2.75) is 6.42 Å². The van der Waals surface area contributed by atoms with Crippen molar-refractivity contribution in [1.29, 1.82) is 0 Å². The molecule has 1 N–H and O–H groups in total. The van der Waals surface area contributed by atoms with E-state index in [1.807, 2.05) is 54.4 Å². The Balaban J connectivity index is 1.50. The molecular formula is C20H19N7. The van der Waals surface area contributed by atoms with Crippen LogP contribution in [0, 0.1) is 0 Å².